The van der Waals surface area contributed by atoms with E-state index < -0.39 is 11.4 Å². The van der Waals surface area contributed by atoms with E-state index >= 15 is 0 Å². The molecule has 2 nitrogen and oxygen atoms in total. The molecular formula is C18H24O2. The molecule has 20 heavy (non-hydrogen) atoms. The Morgan fingerprint density at radius 2 is 1.75 bits per heavy atom. The average molecular weight is 272 g/mol. The predicted octanol–water partition coefficient (Wildman–Crippen LogP) is 4.63. The van der Waals surface area contributed by atoms with Crippen molar-refractivity contribution in [3.05, 3.63) is 35.4 Å². The number of carboxylic acid groups (broad SMARTS) is 1. The molecule has 0 aliphatic heterocycles. The van der Waals surface area contributed by atoms with Crippen LogP contribution >= 0.6 is 0 Å². The number of aliphatic carboxylic acids is 1. The normalized spacial score (nSPS) is 22.8. The SMILES string of the molecule is O=C(O)C1(c2cccc(C3CCCC3)c2)CCCCC1. The third-order valence-corrected chi connectivity index (χ3v) is 5.38. The summed E-state index contributed by atoms with van der Waals surface area (Å²) in [6.07, 6.45) is 10.0. The van der Waals surface area contributed by atoms with Crippen LogP contribution in [0.1, 0.15) is 74.8 Å². The molecule has 3 rings (SSSR count). The number of benzene rings is 1. The van der Waals surface area contributed by atoms with Crippen LogP contribution in [0.25, 0.3) is 0 Å². The number of hydrogen-bond acceptors (Lipinski definition) is 1. The number of rotatable bonds is 3. The zero-order chi connectivity index (χ0) is 14.0. The minimum absolute atomic E-state index is 0.618. The Balaban J connectivity index is 1.94. The van der Waals surface area contributed by atoms with Gasteiger partial charge in [0.2, 0.25) is 0 Å². The highest BCUT2D eigenvalue weighted by molar-refractivity contribution is 5.81. The van der Waals surface area contributed by atoms with E-state index in [1.165, 1.54) is 37.7 Å². The highest BCUT2D eigenvalue weighted by atomic mass is 16.4. The molecule has 2 aliphatic carbocycles. The fourth-order valence-corrected chi connectivity index (χ4v) is 4.13. The van der Waals surface area contributed by atoms with Gasteiger partial charge >= 0.3 is 5.97 Å². The Kier molecular flexibility index (Phi) is 3.82. The maximum absolute atomic E-state index is 11.9. The van der Waals surface area contributed by atoms with Gasteiger partial charge in [-0.1, -0.05) is 56.4 Å². The van der Waals surface area contributed by atoms with Gasteiger partial charge in [-0.3, -0.25) is 4.79 Å². The molecule has 108 valence electrons. The third kappa shape index (κ3) is 2.36. The van der Waals surface area contributed by atoms with Crippen molar-refractivity contribution in [1.29, 1.82) is 0 Å². The molecule has 0 amide bonds. The fraction of sp³-hybridized carbons (Fsp3) is 0.611. The van der Waals surface area contributed by atoms with Crippen LogP contribution in [0.5, 0.6) is 0 Å². The first kappa shape index (κ1) is 13.7. The molecule has 2 saturated carbocycles. The van der Waals surface area contributed by atoms with Gasteiger partial charge in [-0.2, -0.15) is 0 Å². The van der Waals surface area contributed by atoms with Gasteiger partial charge in [0.05, 0.1) is 5.41 Å². The maximum atomic E-state index is 11.9. The Hall–Kier alpha value is -1.31. The van der Waals surface area contributed by atoms with Crippen LogP contribution in [0.15, 0.2) is 24.3 Å². The summed E-state index contributed by atoms with van der Waals surface area (Å²) < 4.78 is 0. The topological polar surface area (TPSA) is 37.3 Å². The molecular weight excluding hydrogens is 248 g/mol. The Labute approximate surface area is 121 Å². The standard InChI is InChI=1S/C18H24O2/c19-17(20)18(11-4-1-5-12-18)16-10-6-9-15(13-16)14-7-2-3-8-14/h6,9-10,13-14H,1-5,7-8,11-12H2,(H,19,20). The second kappa shape index (κ2) is 5.59. The van der Waals surface area contributed by atoms with E-state index in [1.807, 2.05) is 6.07 Å². The second-order valence-electron chi connectivity index (χ2n) is 6.55. The molecule has 0 atom stereocenters. The minimum Gasteiger partial charge on any atom is -0.481 e. The lowest BCUT2D eigenvalue weighted by atomic mass is 9.69. The van der Waals surface area contributed by atoms with Crippen molar-refractivity contribution in [2.24, 2.45) is 0 Å². The molecule has 0 heterocycles. The summed E-state index contributed by atoms with van der Waals surface area (Å²) in [6, 6.07) is 8.51. The van der Waals surface area contributed by atoms with E-state index in [1.54, 1.807) is 0 Å². The van der Waals surface area contributed by atoms with E-state index in [0.29, 0.717) is 5.92 Å². The first-order chi connectivity index (χ1) is 9.72. The lowest BCUT2D eigenvalue weighted by Gasteiger charge is -2.34. The highest BCUT2D eigenvalue weighted by Crippen LogP contribution is 2.42. The molecule has 0 aromatic heterocycles. The predicted molar refractivity (Wildman–Crippen MR) is 80.0 cm³/mol. The van der Waals surface area contributed by atoms with Crippen molar-refractivity contribution in [3.8, 4) is 0 Å². The van der Waals surface area contributed by atoms with Crippen molar-refractivity contribution in [2.75, 3.05) is 0 Å². The molecule has 2 fully saturated rings. The summed E-state index contributed by atoms with van der Waals surface area (Å²) in [5, 5.41) is 9.80. The first-order valence-corrected chi connectivity index (χ1v) is 8.06. The van der Waals surface area contributed by atoms with Gasteiger partial charge in [-0.15, -0.1) is 0 Å². The molecule has 0 unspecified atom stereocenters. The van der Waals surface area contributed by atoms with E-state index in [2.05, 4.69) is 18.2 Å². The van der Waals surface area contributed by atoms with Crippen molar-refractivity contribution in [1.82, 2.24) is 0 Å². The van der Waals surface area contributed by atoms with Crippen molar-refractivity contribution >= 4 is 5.97 Å². The van der Waals surface area contributed by atoms with E-state index in [-0.39, 0.29) is 0 Å². The molecule has 2 heteroatoms. The molecule has 0 bridgehead atoms. The largest absolute Gasteiger partial charge is 0.481 e. The Bertz CT molecular complexity index is 480. The molecule has 1 aromatic carbocycles. The Morgan fingerprint density at radius 1 is 1.05 bits per heavy atom. The van der Waals surface area contributed by atoms with Crippen LogP contribution in [-0.2, 0) is 10.2 Å². The maximum Gasteiger partial charge on any atom is 0.314 e. The second-order valence-corrected chi connectivity index (χ2v) is 6.55. The van der Waals surface area contributed by atoms with Gasteiger partial charge in [0.15, 0.2) is 0 Å². The van der Waals surface area contributed by atoms with Crippen molar-refractivity contribution in [3.63, 3.8) is 0 Å². The summed E-state index contributed by atoms with van der Waals surface area (Å²) in [4.78, 5) is 11.9. The summed E-state index contributed by atoms with van der Waals surface area (Å²) in [6.45, 7) is 0. The molecule has 1 N–H and O–H groups in total. The smallest absolute Gasteiger partial charge is 0.314 e. The van der Waals surface area contributed by atoms with Crippen molar-refractivity contribution in [2.45, 2.75) is 69.1 Å². The number of carboxylic acids is 1. The van der Waals surface area contributed by atoms with Gasteiger partial charge < -0.3 is 5.11 Å². The van der Waals surface area contributed by atoms with Gasteiger partial charge in [0, 0.05) is 0 Å². The van der Waals surface area contributed by atoms with E-state index in [0.717, 1.165) is 31.2 Å². The summed E-state index contributed by atoms with van der Waals surface area (Å²) in [5.74, 6) is 0.0326. The lowest BCUT2D eigenvalue weighted by molar-refractivity contribution is -0.145. The van der Waals surface area contributed by atoms with Crippen LogP contribution in [0.2, 0.25) is 0 Å². The Morgan fingerprint density at radius 3 is 2.40 bits per heavy atom. The van der Waals surface area contributed by atoms with Crippen LogP contribution in [0.4, 0.5) is 0 Å². The molecule has 0 spiro atoms. The molecule has 0 radical (unpaired) electrons. The average Bonchev–Trinajstić information content (AvgIpc) is 3.02. The summed E-state index contributed by atoms with van der Waals surface area (Å²) in [5.41, 5.74) is 1.80. The molecule has 1 aromatic rings. The molecule has 2 aliphatic rings. The van der Waals surface area contributed by atoms with Crippen LogP contribution in [-0.4, -0.2) is 11.1 Å². The minimum atomic E-state index is -0.624. The first-order valence-electron chi connectivity index (χ1n) is 8.06. The lowest BCUT2D eigenvalue weighted by Crippen LogP contribution is -2.37. The third-order valence-electron chi connectivity index (χ3n) is 5.38. The van der Waals surface area contributed by atoms with Crippen LogP contribution in [0.3, 0.4) is 0 Å². The zero-order valence-corrected chi connectivity index (χ0v) is 12.1. The van der Waals surface area contributed by atoms with Crippen LogP contribution < -0.4 is 0 Å². The van der Waals surface area contributed by atoms with E-state index in [9.17, 15) is 9.90 Å². The number of carbonyl (C=O) groups is 1. The molecule has 0 saturated heterocycles. The summed E-state index contributed by atoms with van der Waals surface area (Å²) in [7, 11) is 0. The van der Waals surface area contributed by atoms with Gasteiger partial charge in [-0.05, 0) is 42.7 Å². The van der Waals surface area contributed by atoms with Gasteiger partial charge in [-0.25, -0.2) is 0 Å². The van der Waals surface area contributed by atoms with E-state index in [4.69, 9.17) is 0 Å². The van der Waals surface area contributed by atoms with Crippen LogP contribution in [0, 0.1) is 0 Å². The quantitative estimate of drug-likeness (QED) is 0.871. The van der Waals surface area contributed by atoms with Crippen molar-refractivity contribution < 1.29 is 9.90 Å². The highest BCUT2D eigenvalue weighted by Gasteiger charge is 2.41. The summed E-state index contributed by atoms with van der Waals surface area (Å²) >= 11 is 0. The zero-order valence-electron chi connectivity index (χ0n) is 12.1. The number of hydrogen-bond donors (Lipinski definition) is 1. The van der Waals surface area contributed by atoms with Gasteiger partial charge in [0.1, 0.15) is 0 Å². The van der Waals surface area contributed by atoms with Gasteiger partial charge in [0.25, 0.3) is 0 Å². The fourth-order valence-electron chi connectivity index (χ4n) is 4.13. The monoisotopic (exact) mass is 272 g/mol.